The lowest BCUT2D eigenvalue weighted by Crippen LogP contribution is -2.15. The molecule has 100 valence electrons. The van der Waals surface area contributed by atoms with Gasteiger partial charge in [-0.25, -0.2) is 4.79 Å². The molecule has 0 fully saturated rings. The van der Waals surface area contributed by atoms with Crippen molar-refractivity contribution in [3.63, 3.8) is 0 Å². The zero-order valence-electron chi connectivity index (χ0n) is 11.0. The van der Waals surface area contributed by atoms with E-state index in [-0.39, 0.29) is 5.69 Å². The van der Waals surface area contributed by atoms with Crippen LogP contribution in [0.1, 0.15) is 21.7 Å². The molecule has 0 spiro atoms. The summed E-state index contributed by atoms with van der Waals surface area (Å²) >= 11 is 0. The molecular weight excluding hydrogens is 244 g/mol. The molecule has 2 aromatic rings. The van der Waals surface area contributed by atoms with E-state index in [0.29, 0.717) is 18.8 Å². The number of aromatic carboxylic acids is 1. The van der Waals surface area contributed by atoms with Gasteiger partial charge in [0.15, 0.2) is 0 Å². The third-order valence-electron chi connectivity index (χ3n) is 2.78. The molecule has 0 aliphatic heterocycles. The highest BCUT2D eigenvalue weighted by atomic mass is 16.5. The lowest BCUT2D eigenvalue weighted by Gasteiger charge is -2.09. The number of ether oxygens (including phenoxy) is 1. The van der Waals surface area contributed by atoms with Crippen molar-refractivity contribution in [3.05, 3.63) is 47.3 Å². The Morgan fingerprint density at radius 2 is 2.11 bits per heavy atom. The third-order valence-corrected chi connectivity index (χ3v) is 2.78. The number of nitrogens with zero attached hydrogens (tertiary/aromatic N) is 2. The van der Waals surface area contributed by atoms with Crippen LogP contribution < -0.4 is 4.74 Å². The highest BCUT2D eigenvalue weighted by Gasteiger charge is 2.12. The van der Waals surface area contributed by atoms with Gasteiger partial charge in [0.2, 0.25) is 0 Å². The summed E-state index contributed by atoms with van der Waals surface area (Å²) in [6.07, 6.45) is 0. The average molecular weight is 260 g/mol. The van der Waals surface area contributed by atoms with Gasteiger partial charge in [0.1, 0.15) is 18.1 Å². The second kappa shape index (κ2) is 5.56. The van der Waals surface area contributed by atoms with Gasteiger partial charge >= 0.3 is 5.97 Å². The molecule has 0 saturated carbocycles. The number of hydrogen-bond donors (Lipinski definition) is 1. The van der Waals surface area contributed by atoms with Gasteiger partial charge in [-0.1, -0.05) is 18.2 Å². The number of carboxylic acid groups (broad SMARTS) is 1. The number of benzene rings is 1. The van der Waals surface area contributed by atoms with E-state index in [2.05, 4.69) is 5.10 Å². The van der Waals surface area contributed by atoms with E-state index in [1.807, 2.05) is 31.2 Å². The molecule has 0 aliphatic carbocycles. The van der Waals surface area contributed by atoms with Crippen molar-refractivity contribution in [1.82, 2.24) is 9.78 Å². The molecule has 0 saturated heterocycles. The van der Waals surface area contributed by atoms with Crippen LogP contribution >= 0.6 is 0 Å². The Morgan fingerprint density at radius 3 is 2.79 bits per heavy atom. The SMILES string of the molecule is Cc1cc(C(=O)O)n(CCOc2ccccc2C)n1. The Balaban J connectivity index is 2.00. The van der Waals surface area contributed by atoms with Gasteiger partial charge in [-0.05, 0) is 31.5 Å². The first-order valence-electron chi connectivity index (χ1n) is 6.04. The molecule has 19 heavy (non-hydrogen) atoms. The van der Waals surface area contributed by atoms with Gasteiger partial charge in [0.05, 0.1) is 12.2 Å². The van der Waals surface area contributed by atoms with Crippen LogP contribution in [0.4, 0.5) is 0 Å². The molecule has 0 bridgehead atoms. The summed E-state index contributed by atoms with van der Waals surface area (Å²) in [6, 6.07) is 9.26. The summed E-state index contributed by atoms with van der Waals surface area (Å²) < 4.78 is 7.09. The van der Waals surface area contributed by atoms with E-state index in [1.54, 1.807) is 13.0 Å². The van der Waals surface area contributed by atoms with Gasteiger partial charge in [0.25, 0.3) is 0 Å². The van der Waals surface area contributed by atoms with Crippen LogP contribution in [-0.4, -0.2) is 27.5 Å². The maximum atomic E-state index is 11.0. The summed E-state index contributed by atoms with van der Waals surface area (Å²) in [7, 11) is 0. The fraction of sp³-hybridized carbons (Fsp3) is 0.286. The lowest BCUT2D eigenvalue weighted by atomic mass is 10.2. The van der Waals surface area contributed by atoms with Gasteiger partial charge < -0.3 is 9.84 Å². The Morgan fingerprint density at radius 1 is 1.37 bits per heavy atom. The van der Waals surface area contributed by atoms with Gasteiger partial charge in [-0.15, -0.1) is 0 Å². The zero-order valence-corrected chi connectivity index (χ0v) is 11.0. The minimum Gasteiger partial charge on any atom is -0.491 e. The molecule has 0 unspecified atom stereocenters. The maximum Gasteiger partial charge on any atom is 0.354 e. The monoisotopic (exact) mass is 260 g/mol. The first-order chi connectivity index (χ1) is 9.08. The van der Waals surface area contributed by atoms with Gasteiger partial charge in [-0.3, -0.25) is 4.68 Å². The molecule has 1 aromatic carbocycles. The van der Waals surface area contributed by atoms with Crippen LogP contribution in [0.25, 0.3) is 0 Å². The van der Waals surface area contributed by atoms with Crippen LogP contribution in [0.5, 0.6) is 5.75 Å². The van der Waals surface area contributed by atoms with E-state index < -0.39 is 5.97 Å². The van der Waals surface area contributed by atoms with Crippen LogP contribution in [0, 0.1) is 13.8 Å². The van der Waals surface area contributed by atoms with Crippen LogP contribution in [0.3, 0.4) is 0 Å². The lowest BCUT2D eigenvalue weighted by molar-refractivity contribution is 0.0682. The second-order valence-electron chi connectivity index (χ2n) is 4.31. The molecule has 0 radical (unpaired) electrons. The Bertz CT molecular complexity index is 590. The van der Waals surface area contributed by atoms with E-state index in [4.69, 9.17) is 9.84 Å². The van der Waals surface area contributed by atoms with E-state index in [1.165, 1.54) is 4.68 Å². The van der Waals surface area contributed by atoms with Crippen molar-refractivity contribution in [2.45, 2.75) is 20.4 Å². The predicted molar refractivity (Wildman–Crippen MR) is 70.6 cm³/mol. The largest absolute Gasteiger partial charge is 0.491 e. The van der Waals surface area contributed by atoms with E-state index in [9.17, 15) is 4.79 Å². The minimum absolute atomic E-state index is 0.186. The van der Waals surface area contributed by atoms with Crippen LogP contribution in [-0.2, 0) is 6.54 Å². The molecule has 0 atom stereocenters. The summed E-state index contributed by atoms with van der Waals surface area (Å²) in [4.78, 5) is 11.0. The number of hydrogen-bond acceptors (Lipinski definition) is 3. The van der Waals surface area contributed by atoms with E-state index in [0.717, 1.165) is 11.3 Å². The highest BCUT2D eigenvalue weighted by molar-refractivity contribution is 5.85. The molecule has 1 heterocycles. The molecule has 5 heteroatoms. The first-order valence-corrected chi connectivity index (χ1v) is 6.04. The van der Waals surface area contributed by atoms with Crippen molar-refractivity contribution < 1.29 is 14.6 Å². The fourth-order valence-electron chi connectivity index (χ4n) is 1.85. The number of carbonyl (C=O) groups is 1. The van der Waals surface area contributed by atoms with Crippen molar-refractivity contribution in [3.8, 4) is 5.75 Å². The van der Waals surface area contributed by atoms with Crippen molar-refractivity contribution in [2.75, 3.05) is 6.61 Å². The Kier molecular flexibility index (Phi) is 3.85. The van der Waals surface area contributed by atoms with Crippen LogP contribution in [0.15, 0.2) is 30.3 Å². The summed E-state index contributed by atoms with van der Waals surface area (Å²) in [5.41, 5.74) is 1.93. The zero-order chi connectivity index (χ0) is 13.8. The summed E-state index contributed by atoms with van der Waals surface area (Å²) in [6.45, 7) is 4.53. The molecule has 0 aliphatic rings. The highest BCUT2D eigenvalue weighted by Crippen LogP contribution is 2.16. The Labute approximate surface area is 111 Å². The topological polar surface area (TPSA) is 64.3 Å². The number of aryl methyl sites for hydroxylation is 2. The number of para-hydroxylation sites is 1. The van der Waals surface area contributed by atoms with Crippen LogP contribution in [0.2, 0.25) is 0 Å². The molecule has 1 aromatic heterocycles. The number of carboxylic acids is 1. The Hall–Kier alpha value is -2.30. The van der Waals surface area contributed by atoms with Crippen molar-refractivity contribution in [1.29, 1.82) is 0 Å². The number of rotatable bonds is 5. The fourth-order valence-corrected chi connectivity index (χ4v) is 1.85. The summed E-state index contributed by atoms with van der Waals surface area (Å²) in [5.74, 6) is -0.167. The smallest absolute Gasteiger partial charge is 0.354 e. The van der Waals surface area contributed by atoms with Gasteiger partial charge in [-0.2, -0.15) is 5.10 Å². The minimum atomic E-state index is -0.975. The van der Waals surface area contributed by atoms with Crippen molar-refractivity contribution >= 4 is 5.97 Å². The predicted octanol–water partition coefficient (Wildman–Crippen LogP) is 2.28. The summed E-state index contributed by atoms with van der Waals surface area (Å²) in [5, 5.41) is 13.2. The normalized spacial score (nSPS) is 10.4. The molecule has 0 amide bonds. The standard InChI is InChI=1S/C14H16N2O3/c1-10-5-3-4-6-13(10)19-8-7-16-12(14(17)18)9-11(2)15-16/h3-6,9H,7-8H2,1-2H3,(H,17,18). The maximum absolute atomic E-state index is 11.0. The average Bonchev–Trinajstić information content (AvgIpc) is 2.73. The quantitative estimate of drug-likeness (QED) is 0.895. The van der Waals surface area contributed by atoms with Crippen molar-refractivity contribution in [2.24, 2.45) is 0 Å². The molecule has 1 N–H and O–H groups in total. The molecule has 5 nitrogen and oxygen atoms in total. The third kappa shape index (κ3) is 3.13. The first kappa shape index (κ1) is 13.1. The number of aromatic nitrogens is 2. The second-order valence-corrected chi connectivity index (χ2v) is 4.31. The van der Waals surface area contributed by atoms with E-state index >= 15 is 0 Å². The molecular formula is C14H16N2O3. The molecule has 2 rings (SSSR count). The van der Waals surface area contributed by atoms with Gasteiger partial charge in [0, 0.05) is 0 Å².